The monoisotopic (exact) mass is 444 g/mol. The Bertz CT molecular complexity index is 1120. The second-order valence-corrected chi connectivity index (χ2v) is 9.81. The number of carbonyl (C=O) groups excluding carboxylic acids is 1. The van der Waals surface area contributed by atoms with Crippen molar-refractivity contribution in [2.24, 2.45) is 5.92 Å². The Morgan fingerprint density at radius 3 is 2.35 bits per heavy atom. The number of rotatable bonds is 5. The molecule has 0 unspecified atom stereocenters. The van der Waals surface area contributed by atoms with Gasteiger partial charge >= 0.3 is 5.97 Å². The fourth-order valence-corrected chi connectivity index (χ4v) is 5.94. The standard InChI is InChI=1S/C23H25FN2O4S/c1-15-10-16(2)22(17(3)11-15)31(28,29)26-8-6-19(7-9-26)23(27)30-14-20-12-18(13-25)4-5-21(20)24/h4-5,10-12,19H,6-9,14H2,1-3H3. The lowest BCUT2D eigenvalue weighted by molar-refractivity contribution is -0.151. The number of benzene rings is 2. The second-order valence-electron chi connectivity index (χ2n) is 7.93. The smallest absolute Gasteiger partial charge is 0.309 e. The molecule has 0 N–H and O–H groups in total. The van der Waals surface area contributed by atoms with Crippen molar-refractivity contribution in [3.63, 3.8) is 0 Å². The number of esters is 1. The van der Waals surface area contributed by atoms with Crippen LogP contribution in [0.1, 0.15) is 40.7 Å². The summed E-state index contributed by atoms with van der Waals surface area (Å²) < 4.78 is 46.9. The molecule has 0 amide bonds. The van der Waals surface area contributed by atoms with Gasteiger partial charge in [0.1, 0.15) is 12.4 Å². The molecule has 0 radical (unpaired) electrons. The molecule has 0 spiro atoms. The minimum absolute atomic E-state index is 0.137. The molecular weight excluding hydrogens is 419 g/mol. The van der Waals surface area contributed by atoms with Crippen LogP contribution in [0.2, 0.25) is 0 Å². The maximum absolute atomic E-state index is 13.9. The minimum atomic E-state index is -3.66. The van der Waals surface area contributed by atoms with Crippen LogP contribution in [-0.4, -0.2) is 31.8 Å². The van der Waals surface area contributed by atoms with Gasteiger partial charge < -0.3 is 4.74 Å². The maximum Gasteiger partial charge on any atom is 0.309 e. The number of nitrogens with zero attached hydrogens (tertiary/aromatic N) is 2. The lowest BCUT2D eigenvalue weighted by atomic mass is 9.98. The summed E-state index contributed by atoms with van der Waals surface area (Å²) in [6.45, 7) is 5.67. The molecule has 1 saturated heterocycles. The summed E-state index contributed by atoms with van der Waals surface area (Å²) >= 11 is 0. The van der Waals surface area contributed by atoms with Gasteiger partial charge in [0, 0.05) is 18.7 Å². The average Bonchev–Trinajstić information content (AvgIpc) is 2.72. The van der Waals surface area contributed by atoms with Crippen molar-refractivity contribution in [2.75, 3.05) is 13.1 Å². The lowest BCUT2D eigenvalue weighted by Gasteiger charge is -2.31. The van der Waals surface area contributed by atoms with Crippen LogP contribution in [0.15, 0.2) is 35.2 Å². The van der Waals surface area contributed by atoms with Gasteiger partial charge in [-0.1, -0.05) is 17.7 Å². The predicted molar refractivity (Wildman–Crippen MR) is 113 cm³/mol. The number of nitriles is 1. The van der Waals surface area contributed by atoms with Crippen molar-refractivity contribution < 1.29 is 22.3 Å². The molecule has 0 saturated carbocycles. The second kappa shape index (κ2) is 9.16. The highest BCUT2D eigenvalue weighted by molar-refractivity contribution is 7.89. The molecule has 1 fully saturated rings. The van der Waals surface area contributed by atoms with E-state index in [-0.39, 0.29) is 30.8 Å². The Kier molecular flexibility index (Phi) is 6.77. The van der Waals surface area contributed by atoms with Crippen molar-refractivity contribution in [3.05, 3.63) is 64.0 Å². The van der Waals surface area contributed by atoms with E-state index in [9.17, 15) is 17.6 Å². The highest BCUT2D eigenvalue weighted by Crippen LogP contribution is 2.29. The summed E-state index contributed by atoms with van der Waals surface area (Å²) in [5, 5.41) is 8.92. The van der Waals surface area contributed by atoms with E-state index in [0.29, 0.717) is 28.9 Å². The quantitative estimate of drug-likeness (QED) is 0.655. The van der Waals surface area contributed by atoms with Gasteiger partial charge in [-0.15, -0.1) is 0 Å². The van der Waals surface area contributed by atoms with E-state index >= 15 is 0 Å². The van der Waals surface area contributed by atoms with Crippen LogP contribution < -0.4 is 0 Å². The molecule has 2 aromatic rings. The summed E-state index contributed by atoms with van der Waals surface area (Å²) in [6.07, 6.45) is 0.672. The highest BCUT2D eigenvalue weighted by atomic mass is 32.2. The van der Waals surface area contributed by atoms with Gasteiger partial charge in [0.05, 0.1) is 22.4 Å². The van der Waals surface area contributed by atoms with Gasteiger partial charge in [0.15, 0.2) is 0 Å². The Morgan fingerprint density at radius 2 is 1.77 bits per heavy atom. The van der Waals surface area contributed by atoms with Crippen LogP contribution in [0.5, 0.6) is 0 Å². The van der Waals surface area contributed by atoms with E-state index < -0.39 is 27.7 Å². The Hall–Kier alpha value is -2.76. The number of halogens is 1. The first kappa shape index (κ1) is 22.9. The number of piperidine rings is 1. The Labute approximate surface area is 182 Å². The number of aryl methyl sites for hydroxylation is 3. The first-order valence-electron chi connectivity index (χ1n) is 10.1. The molecule has 8 heteroatoms. The van der Waals surface area contributed by atoms with Crippen molar-refractivity contribution in [2.45, 2.75) is 45.1 Å². The number of hydrogen-bond acceptors (Lipinski definition) is 5. The zero-order chi connectivity index (χ0) is 22.8. The van der Waals surface area contributed by atoms with E-state index in [1.165, 1.54) is 22.5 Å². The summed E-state index contributed by atoms with van der Waals surface area (Å²) in [5.41, 5.74) is 2.85. The third kappa shape index (κ3) is 4.94. The van der Waals surface area contributed by atoms with Crippen molar-refractivity contribution >= 4 is 16.0 Å². The van der Waals surface area contributed by atoms with Crippen LogP contribution in [0, 0.1) is 43.8 Å². The van der Waals surface area contributed by atoms with Gasteiger partial charge in [-0.3, -0.25) is 4.79 Å². The number of ether oxygens (including phenoxy) is 1. The predicted octanol–water partition coefficient (Wildman–Crippen LogP) is 3.77. The number of sulfonamides is 1. The SMILES string of the molecule is Cc1cc(C)c(S(=O)(=O)N2CCC(C(=O)OCc3cc(C#N)ccc3F)CC2)c(C)c1. The average molecular weight is 445 g/mol. The van der Waals surface area contributed by atoms with Crippen LogP contribution in [0.4, 0.5) is 4.39 Å². The topological polar surface area (TPSA) is 87.5 Å². The largest absolute Gasteiger partial charge is 0.460 e. The van der Waals surface area contributed by atoms with Gasteiger partial charge in [-0.25, -0.2) is 12.8 Å². The summed E-state index contributed by atoms with van der Waals surface area (Å²) in [5.74, 6) is -1.48. The molecule has 6 nitrogen and oxygen atoms in total. The Balaban J connectivity index is 1.63. The molecule has 3 rings (SSSR count). The molecule has 0 aliphatic carbocycles. The highest BCUT2D eigenvalue weighted by Gasteiger charge is 2.34. The lowest BCUT2D eigenvalue weighted by Crippen LogP contribution is -2.41. The van der Waals surface area contributed by atoms with Gasteiger partial charge in [0.2, 0.25) is 10.0 Å². The molecular formula is C23H25FN2O4S. The fraction of sp³-hybridized carbons (Fsp3) is 0.391. The molecule has 0 bridgehead atoms. The molecule has 0 aromatic heterocycles. The molecule has 1 aliphatic rings. The fourth-order valence-electron chi connectivity index (χ4n) is 4.06. The van der Waals surface area contributed by atoms with Gasteiger partial charge in [0.25, 0.3) is 0 Å². The molecule has 164 valence electrons. The normalized spacial score (nSPS) is 15.5. The molecule has 0 atom stereocenters. The van der Waals surface area contributed by atoms with Crippen LogP contribution in [-0.2, 0) is 26.2 Å². The first-order chi connectivity index (χ1) is 14.6. The first-order valence-corrected chi connectivity index (χ1v) is 11.5. The van der Waals surface area contributed by atoms with Crippen molar-refractivity contribution in [1.29, 1.82) is 5.26 Å². The van der Waals surface area contributed by atoms with E-state index in [1.807, 2.05) is 25.1 Å². The van der Waals surface area contributed by atoms with Gasteiger partial charge in [-0.2, -0.15) is 9.57 Å². The Morgan fingerprint density at radius 1 is 1.16 bits per heavy atom. The molecule has 1 heterocycles. The van der Waals surface area contributed by atoms with E-state index in [1.54, 1.807) is 13.8 Å². The van der Waals surface area contributed by atoms with E-state index in [0.717, 1.165) is 5.56 Å². The van der Waals surface area contributed by atoms with Crippen LogP contribution >= 0.6 is 0 Å². The van der Waals surface area contributed by atoms with E-state index in [2.05, 4.69) is 0 Å². The zero-order valence-electron chi connectivity index (χ0n) is 17.8. The summed E-state index contributed by atoms with van der Waals surface area (Å²) in [6, 6.07) is 9.50. The molecule has 31 heavy (non-hydrogen) atoms. The van der Waals surface area contributed by atoms with Crippen LogP contribution in [0.25, 0.3) is 0 Å². The summed E-state index contributed by atoms with van der Waals surface area (Å²) in [7, 11) is -3.66. The van der Waals surface area contributed by atoms with Crippen LogP contribution in [0.3, 0.4) is 0 Å². The van der Waals surface area contributed by atoms with Crippen molar-refractivity contribution in [1.82, 2.24) is 4.31 Å². The molecule has 1 aliphatic heterocycles. The zero-order valence-corrected chi connectivity index (χ0v) is 18.6. The third-order valence-electron chi connectivity index (χ3n) is 5.53. The third-order valence-corrected chi connectivity index (χ3v) is 7.74. The molecule has 2 aromatic carbocycles. The number of carbonyl (C=O) groups is 1. The maximum atomic E-state index is 13.9. The minimum Gasteiger partial charge on any atom is -0.460 e. The summed E-state index contributed by atoms with van der Waals surface area (Å²) in [4.78, 5) is 12.8. The van der Waals surface area contributed by atoms with Crippen molar-refractivity contribution in [3.8, 4) is 6.07 Å². The number of hydrogen-bond donors (Lipinski definition) is 0. The van der Waals surface area contributed by atoms with E-state index in [4.69, 9.17) is 10.00 Å². The van der Waals surface area contributed by atoms with Gasteiger partial charge in [-0.05, 0) is 62.9 Å².